The van der Waals surface area contributed by atoms with Crippen molar-refractivity contribution in [2.45, 2.75) is 39.8 Å². The van der Waals surface area contributed by atoms with Gasteiger partial charge in [0.15, 0.2) is 5.82 Å². The Labute approximate surface area is 188 Å². The van der Waals surface area contributed by atoms with E-state index >= 15 is 0 Å². The zero-order valence-corrected chi connectivity index (χ0v) is 19.0. The van der Waals surface area contributed by atoms with Gasteiger partial charge in [-0.25, -0.2) is 9.78 Å². The maximum absolute atomic E-state index is 13.5. The lowest BCUT2D eigenvalue weighted by Crippen LogP contribution is -2.54. The number of para-hydroxylation sites is 2. The minimum absolute atomic E-state index is 0.0396. The lowest BCUT2D eigenvalue weighted by Gasteiger charge is -2.35. The fraction of sp³-hybridized carbons (Fsp3) is 0.400. The van der Waals surface area contributed by atoms with Gasteiger partial charge in [0.2, 0.25) is 0 Å². The summed E-state index contributed by atoms with van der Waals surface area (Å²) in [6.45, 7) is 8.89. The van der Waals surface area contributed by atoms with Gasteiger partial charge in [-0.3, -0.25) is 9.36 Å². The third-order valence-corrected chi connectivity index (χ3v) is 6.15. The Balaban J connectivity index is 1.60. The molecule has 2 aromatic carbocycles. The van der Waals surface area contributed by atoms with Crippen LogP contribution < -0.4 is 15.8 Å². The zero-order chi connectivity index (χ0) is 22.7. The number of urea groups is 1. The van der Waals surface area contributed by atoms with E-state index in [1.807, 2.05) is 45.6 Å². The van der Waals surface area contributed by atoms with Crippen molar-refractivity contribution in [3.63, 3.8) is 0 Å². The Bertz CT molecular complexity index is 1150. The molecule has 32 heavy (non-hydrogen) atoms. The molecule has 3 aromatic rings. The van der Waals surface area contributed by atoms with Gasteiger partial charge in [-0.2, -0.15) is 0 Å². The molecule has 1 aliphatic rings. The Morgan fingerprint density at radius 1 is 1.06 bits per heavy atom. The lowest BCUT2D eigenvalue weighted by atomic mass is 10.1. The number of carbonyl (C=O) groups is 1. The molecule has 0 bridgehead atoms. The lowest BCUT2D eigenvalue weighted by molar-refractivity contribution is 0.190. The molecule has 7 nitrogen and oxygen atoms in total. The maximum Gasteiger partial charge on any atom is 0.317 e. The van der Waals surface area contributed by atoms with Crippen molar-refractivity contribution in [2.24, 2.45) is 0 Å². The van der Waals surface area contributed by atoms with Gasteiger partial charge in [0.05, 0.1) is 17.6 Å². The molecule has 7 heteroatoms. The van der Waals surface area contributed by atoms with Crippen LogP contribution in [0.1, 0.15) is 31.4 Å². The molecule has 0 spiro atoms. The fourth-order valence-electron chi connectivity index (χ4n) is 3.94. The Morgan fingerprint density at radius 3 is 2.44 bits per heavy atom. The highest BCUT2D eigenvalue weighted by molar-refractivity contribution is 5.77. The largest absolute Gasteiger partial charge is 0.348 e. The van der Waals surface area contributed by atoms with Crippen LogP contribution in [0.2, 0.25) is 0 Å². The van der Waals surface area contributed by atoms with Gasteiger partial charge in [-0.05, 0) is 38.0 Å². The Kier molecular flexibility index (Phi) is 6.44. The summed E-state index contributed by atoms with van der Waals surface area (Å²) in [7, 11) is 0. The van der Waals surface area contributed by atoms with Crippen molar-refractivity contribution in [2.75, 3.05) is 31.1 Å². The Morgan fingerprint density at radius 2 is 1.75 bits per heavy atom. The van der Waals surface area contributed by atoms with Crippen molar-refractivity contribution < 1.29 is 4.79 Å². The molecule has 1 atom stereocenters. The van der Waals surface area contributed by atoms with Gasteiger partial charge >= 0.3 is 6.03 Å². The summed E-state index contributed by atoms with van der Waals surface area (Å²) in [5.41, 5.74) is 3.80. The molecule has 1 N–H and O–H groups in total. The van der Waals surface area contributed by atoms with E-state index < -0.39 is 0 Å². The number of amides is 2. The summed E-state index contributed by atoms with van der Waals surface area (Å²) in [6, 6.07) is 16.1. The van der Waals surface area contributed by atoms with Crippen LogP contribution in [-0.4, -0.2) is 52.7 Å². The molecular weight excluding hydrogens is 402 g/mol. The first-order valence-electron chi connectivity index (χ1n) is 11.3. The first-order valence-corrected chi connectivity index (χ1v) is 11.3. The molecule has 2 heterocycles. The molecule has 1 aliphatic heterocycles. The molecule has 2 amide bonds. The second-order valence-corrected chi connectivity index (χ2v) is 8.53. The summed E-state index contributed by atoms with van der Waals surface area (Å²) in [5.74, 6) is 0.456. The molecule has 1 aromatic heterocycles. The molecule has 1 fully saturated rings. The average Bonchev–Trinajstić information content (AvgIpc) is 2.82. The van der Waals surface area contributed by atoms with Crippen LogP contribution >= 0.6 is 0 Å². The molecule has 168 valence electrons. The molecule has 0 radical (unpaired) electrons. The van der Waals surface area contributed by atoms with E-state index in [9.17, 15) is 9.59 Å². The van der Waals surface area contributed by atoms with Crippen LogP contribution in [0.5, 0.6) is 0 Å². The van der Waals surface area contributed by atoms with Gasteiger partial charge in [0, 0.05) is 32.2 Å². The second-order valence-electron chi connectivity index (χ2n) is 8.53. The maximum atomic E-state index is 13.5. The van der Waals surface area contributed by atoms with Gasteiger partial charge < -0.3 is 15.1 Å². The molecule has 1 saturated heterocycles. The number of fused-ring (bicyclic) bond motifs is 1. The normalized spacial score (nSPS) is 15.1. The standard InChI is InChI=1S/C25H31N5O2/c1-4-19(3)26-25(32)29-15-13-28(14-16-29)23-24(31)30(17-20-11-9-18(2)10-12-20)22-8-6-5-7-21(22)27-23/h5-12,19H,4,13-17H2,1-3H3,(H,26,32)/t19-/m1/s1. The zero-order valence-electron chi connectivity index (χ0n) is 19.0. The molecule has 0 aliphatic carbocycles. The molecule has 4 rings (SSSR count). The number of hydrogen-bond donors (Lipinski definition) is 1. The van der Waals surface area contributed by atoms with Crippen LogP contribution in [0, 0.1) is 6.92 Å². The highest BCUT2D eigenvalue weighted by Crippen LogP contribution is 2.17. The van der Waals surface area contributed by atoms with E-state index in [2.05, 4.69) is 43.4 Å². The number of piperazine rings is 1. The van der Waals surface area contributed by atoms with Crippen LogP contribution in [0.25, 0.3) is 11.0 Å². The number of hydrogen-bond acceptors (Lipinski definition) is 4. The number of carbonyl (C=O) groups excluding carboxylic acids is 1. The second kappa shape index (κ2) is 9.42. The first-order chi connectivity index (χ1) is 15.5. The summed E-state index contributed by atoms with van der Waals surface area (Å²) in [5, 5.41) is 3.02. The number of rotatable bonds is 5. The number of nitrogens with one attached hydrogen (secondary N) is 1. The highest BCUT2D eigenvalue weighted by Gasteiger charge is 2.25. The van der Waals surface area contributed by atoms with Gasteiger partial charge in [-0.15, -0.1) is 0 Å². The van der Waals surface area contributed by atoms with E-state index in [-0.39, 0.29) is 17.6 Å². The van der Waals surface area contributed by atoms with Crippen LogP contribution in [0.15, 0.2) is 53.3 Å². The SMILES string of the molecule is CC[C@@H](C)NC(=O)N1CCN(c2nc3ccccc3n(Cc3ccc(C)cc3)c2=O)CC1. The molecule has 0 unspecified atom stereocenters. The third kappa shape index (κ3) is 4.61. The monoisotopic (exact) mass is 433 g/mol. The summed E-state index contributed by atoms with van der Waals surface area (Å²) in [6.07, 6.45) is 0.896. The van der Waals surface area contributed by atoms with Crippen LogP contribution in [-0.2, 0) is 6.54 Å². The minimum atomic E-state index is -0.0956. The predicted molar refractivity (Wildman–Crippen MR) is 128 cm³/mol. The topological polar surface area (TPSA) is 70.5 Å². The number of nitrogens with zero attached hydrogens (tertiary/aromatic N) is 4. The van der Waals surface area contributed by atoms with Gasteiger partial charge in [0.25, 0.3) is 5.56 Å². The number of benzene rings is 2. The molecule has 0 saturated carbocycles. The Hall–Kier alpha value is -3.35. The summed E-state index contributed by atoms with van der Waals surface area (Å²) < 4.78 is 1.81. The molecular formula is C25H31N5O2. The minimum Gasteiger partial charge on any atom is -0.348 e. The van der Waals surface area contributed by atoms with Crippen molar-refractivity contribution in [3.8, 4) is 0 Å². The van der Waals surface area contributed by atoms with Crippen LogP contribution in [0.3, 0.4) is 0 Å². The first kappa shape index (κ1) is 21.9. The van der Waals surface area contributed by atoms with E-state index in [0.29, 0.717) is 38.5 Å². The summed E-state index contributed by atoms with van der Waals surface area (Å²) in [4.78, 5) is 34.5. The van der Waals surface area contributed by atoms with Crippen molar-refractivity contribution in [3.05, 3.63) is 70.0 Å². The van der Waals surface area contributed by atoms with E-state index in [1.54, 1.807) is 0 Å². The predicted octanol–water partition coefficient (Wildman–Crippen LogP) is 3.38. The van der Waals surface area contributed by atoms with E-state index in [1.165, 1.54) is 5.56 Å². The van der Waals surface area contributed by atoms with Crippen molar-refractivity contribution in [1.29, 1.82) is 0 Å². The quantitative estimate of drug-likeness (QED) is 0.670. The van der Waals surface area contributed by atoms with Crippen LogP contribution in [0.4, 0.5) is 10.6 Å². The third-order valence-electron chi connectivity index (χ3n) is 6.15. The number of anilines is 1. The fourth-order valence-corrected chi connectivity index (χ4v) is 3.94. The van der Waals surface area contributed by atoms with Crippen molar-refractivity contribution in [1.82, 2.24) is 19.8 Å². The number of aryl methyl sites for hydroxylation is 1. The van der Waals surface area contributed by atoms with E-state index in [0.717, 1.165) is 23.0 Å². The highest BCUT2D eigenvalue weighted by atomic mass is 16.2. The smallest absolute Gasteiger partial charge is 0.317 e. The van der Waals surface area contributed by atoms with Gasteiger partial charge in [-0.1, -0.05) is 48.9 Å². The van der Waals surface area contributed by atoms with E-state index in [4.69, 9.17) is 4.98 Å². The number of aromatic nitrogens is 2. The van der Waals surface area contributed by atoms with Gasteiger partial charge in [0.1, 0.15) is 0 Å². The average molecular weight is 434 g/mol. The summed E-state index contributed by atoms with van der Waals surface area (Å²) >= 11 is 0. The van der Waals surface area contributed by atoms with Crippen molar-refractivity contribution >= 4 is 22.9 Å².